The van der Waals surface area contributed by atoms with Crippen LogP contribution in [0.1, 0.15) is 30.4 Å². The fraction of sp³-hybridized carbons (Fsp3) is 0.571. The summed E-state index contributed by atoms with van der Waals surface area (Å²) in [6.45, 7) is 0.986. The normalized spacial score (nSPS) is 24.4. The molecule has 1 atom stereocenters. The fourth-order valence-electron chi connectivity index (χ4n) is 2.99. The smallest absolute Gasteiger partial charge is 0.243 e. The van der Waals surface area contributed by atoms with Crippen LogP contribution in [0.15, 0.2) is 23.1 Å². The summed E-state index contributed by atoms with van der Waals surface area (Å²) in [5.74, 6) is 0. The Balaban J connectivity index is 1.93. The van der Waals surface area contributed by atoms with Gasteiger partial charge in [0.05, 0.1) is 4.90 Å². The lowest BCUT2D eigenvalue weighted by Crippen LogP contribution is -2.32. The van der Waals surface area contributed by atoms with Gasteiger partial charge in [-0.25, -0.2) is 8.42 Å². The highest BCUT2D eigenvalue weighted by Crippen LogP contribution is 2.26. The van der Waals surface area contributed by atoms with E-state index in [1.54, 1.807) is 6.07 Å². The quantitative estimate of drug-likeness (QED) is 0.888. The Kier molecular flexibility index (Phi) is 3.37. The molecule has 0 spiro atoms. The van der Waals surface area contributed by atoms with Crippen molar-refractivity contribution in [3.05, 3.63) is 29.3 Å². The van der Waals surface area contributed by atoms with Crippen LogP contribution in [0, 0.1) is 0 Å². The van der Waals surface area contributed by atoms with Crippen LogP contribution >= 0.6 is 0 Å². The Morgan fingerprint density at radius 3 is 2.58 bits per heavy atom. The number of benzene rings is 1. The Hall–Kier alpha value is -0.910. The largest absolute Gasteiger partial charge is 0.326 e. The maximum atomic E-state index is 12.5. The molecule has 1 aromatic carbocycles. The van der Waals surface area contributed by atoms with Crippen LogP contribution in [-0.4, -0.2) is 31.9 Å². The molecule has 0 radical (unpaired) electrons. The van der Waals surface area contributed by atoms with Crippen LogP contribution in [0.4, 0.5) is 0 Å². The van der Waals surface area contributed by atoms with Crippen molar-refractivity contribution < 1.29 is 8.42 Å². The molecule has 19 heavy (non-hydrogen) atoms. The Morgan fingerprint density at radius 1 is 1.16 bits per heavy atom. The number of hydrogen-bond donors (Lipinski definition) is 1. The third kappa shape index (κ3) is 2.42. The van der Waals surface area contributed by atoms with Crippen molar-refractivity contribution in [1.82, 2.24) is 4.31 Å². The molecule has 0 amide bonds. The van der Waals surface area contributed by atoms with Gasteiger partial charge in [-0.2, -0.15) is 4.31 Å². The van der Waals surface area contributed by atoms with Gasteiger partial charge in [-0.05, 0) is 55.4 Å². The average molecular weight is 280 g/mol. The van der Waals surface area contributed by atoms with Crippen LogP contribution in [0.5, 0.6) is 0 Å². The second kappa shape index (κ2) is 4.89. The number of fused-ring (bicyclic) bond motifs is 1. The molecule has 0 aromatic heterocycles. The molecule has 1 heterocycles. The van der Waals surface area contributed by atoms with E-state index in [0.717, 1.165) is 25.7 Å². The highest BCUT2D eigenvalue weighted by atomic mass is 32.2. The molecule has 1 aliphatic heterocycles. The van der Waals surface area contributed by atoms with E-state index in [9.17, 15) is 8.42 Å². The highest BCUT2D eigenvalue weighted by molar-refractivity contribution is 7.89. The van der Waals surface area contributed by atoms with E-state index in [-0.39, 0.29) is 6.04 Å². The summed E-state index contributed by atoms with van der Waals surface area (Å²) in [6.07, 6.45) is 5.19. The number of nitrogens with two attached hydrogens (primary N) is 1. The van der Waals surface area contributed by atoms with Gasteiger partial charge in [-0.15, -0.1) is 0 Å². The van der Waals surface area contributed by atoms with Crippen molar-refractivity contribution in [2.45, 2.75) is 43.0 Å². The van der Waals surface area contributed by atoms with Gasteiger partial charge in [0.1, 0.15) is 0 Å². The molecule has 104 valence electrons. The molecule has 0 bridgehead atoms. The van der Waals surface area contributed by atoms with Gasteiger partial charge in [-0.3, -0.25) is 0 Å². The summed E-state index contributed by atoms with van der Waals surface area (Å²) in [7, 11) is -3.35. The van der Waals surface area contributed by atoms with Crippen molar-refractivity contribution in [1.29, 1.82) is 0 Å². The van der Waals surface area contributed by atoms with Crippen molar-refractivity contribution in [2.24, 2.45) is 5.73 Å². The van der Waals surface area contributed by atoms with Crippen molar-refractivity contribution >= 4 is 10.0 Å². The minimum atomic E-state index is -3.35. The number of nitrogens with zero attached hydrogens (tertiary/aromatic N) is 1. The van der Waals surface area contributed by atoms with Crippen LogP contribution in [0.2, 0.25) is 0 Å². The zero-order valence-electron chi connectivity index (χ0n) is 11.0. The van der Waals surface area contributed by atoms with E-state index >= 15 is 0 Å². The zero-order chi connectivity index (χ0) is 13.5. The summed E-state index contributed by atoms with van der Waals surface area (Å²) < 4.78 is 26.6. The van der Waals surface area contributed by atoms with Crippen LogP contribution < -0.4 is 5.73 Å². The van der Waals surface area contributed by atoms with Gasteiger partial charge in [0.2, 0.25) is 10.0 Å². The van der Waals surface area contributed by atoms with Crippen molar-refractivity contribution in [3.8, 4) is 0 Å². The van der Waals surface area contributed by atoms with Crippen molar-refractivity contribution in [2.75, 3.05) is 13.1 Å². The van der Waals surface area contributed by atoms with E-state index < -0.39 is 10.0 Å². The lowest BCUT2D eigenvalue weighted by molar-refractivity contribution is 0.472. The molecule has 4 nitrogen and oxygen atoms in total. The summed E-state index contributed by atoms with van der Waals surface area (Å²) in [4.78, 5) is 0.433. The van der Waals surface area contributed by atoms with Crippen LogP contribution in [-0.2, 0) is 22.9 Å². The first kappa shape index (κ1) is 13.1. The molecule has 1 saturated heterocycles. The minimum absolute atomic E-state index is 0.0209. The minimum Gasteiger partial charge on any atom is -0.326 e. The first-order chi connectivity index (χ1) is 9.07. The topological polar surface area (TPSA) is 63.4 Å². The molecule has 1 aromatic rings. The molecule has 1 aliphatic carbocycles. The average Bonchev–Trinajstić information content (AvgIpc) is 2.85. The lowest BCUT2D eigenvalue weighted by Gasteiger charge is -2.19. The highest BCUT2D eigenvalue weighted by Gasteiger charge is 2.31. The Bertz CT molecular complexity index is 583. The number of sulfonamides is 1. The predicted molar refractivity (Wildman–Crippen MR) is 74.4 cm³/mol. The molecule has 3 rings (SSSR count). The van der Waals surface area contributed by atoms with E-state index in [1.165, 1.54) is 21.9 Å². The first-order valence-electron chi connectivity index (χ1n) is 6.95. The Labute approximate surface area is 114 Å². The Morgan fingerprint density at radius 2 is 1.89 bits per heavy atom. The van der Waals surface area contributed by atoms with Crippen molar-refractivity contribution in [3.63, 3.8) is 0 Å². The number of rotatable bonds is 2. The van der Waals surface area contributed by atoms with Gasteiger partial charge in [-0.1, -0.05) is 6.07 Å². The summed E-state index contributed by atoms with van der Waals surface area (Å²) >= 11 is 0. The second-order valence-electron chi connectivity index (χ2n) is 5.55. The maximum Gasteiger partial charge on any atom is 0.243 e. The second-order valence-corrected chi connectivity index (χ2v) is 7.49. The van der Waals surface area contributed by atoms with E-state index in [2.05, 4.69) is 0 Å². The van der Waals surface area contributed by atoms with Gasteiger partial charge in [0, 0.05) is 19.1 Å². The molecule has 2 aliphatic rings. The van der Waals surface area contributed by atoms with Gasteiger partial charge in [0.25, 0.3) is 0 Å². The SMILES string of the molecule is NC1CCN(S(=O)(=O)c2ccc3c(c2)CCCC3)C1. The van der Waals surface area contributed by atoms with Gasteiger partial charge >= 0.3 is 0 Å². The third-order valence-electron chi connectivity index (χ3n) is 4.15. The standard InChI is InChI=1S/C14H20N2O2S/c15-13-7-8-16(10-13)19(17,18)14-6-5-11-3-1-2-4-12(11)9-14/h5-6,9,13H,1-4,7-8,10,15H2. The molecular weight excluding hydrogens is 260 g/mol. The monoisotopic (exact) mass is 280 g/mol. The van der Waals surface area contributed by atoms with Crippen LogP contribution in [0.25, 0.3) is 0 Å². The fourth-order valence-corrected chi connectivity index (χ4v) is 4.55. The summed E-state index contributed by atoms with van der Waals surface area (Å²) in [5.41, 5.74) is 8.32. The summed E-state index contributed by atoms with van der Waals surface area (Å²) in [5, 5.41) is 0. The molecule has 2 N–H and O–H groups in total. The zero-order valence-corrected chi connectivity index (χ0v) is 11.8. The summed E-state index contributed by atoms with van der Waals surface area (Å²) in [6, 6.07) is 5.58. The number of hydrogen-bond acceptors (Lipinski definition) is 3. The van der Waals surface area contributed by atoms with Gasteiger partial charge < -0.3 is 5.73 Å². The van der Waals surface area contributed by atoms with E-state index in [0.29, 0.717) is 18.0 Å². The molecule has 0 saturated carbocycles. The predicted octanol–water partition coefficient (Wildman–Crippen LogP) is 1.29. The van der Waals surface area contributed by atoms with Crippen LogP contribution in [0.3, 0.4) is 0 Å². The molecule has 1 fully saturated rings. The van der Waals surface area contributed by atoms with E-state index in [4.69, 9.17) is 5.73 Å². The first-order valence-corrected chi connectivity index (χ1v) is 8.39. The number of aryl methyl sites for hydroxylation is 2. The third-order valence-corrected chi connectivity index (χ3v) is 6.01. The molecule has 5 heteroatoms. The maximum absolute atomic E-state index is 12.5. The molecule has 1 unspecified atom stereocenters. The van der Waals surface area contributed by atoms with E-state index in [1.807, 2.05) is 12.1 Å². The van der Waals surface area contributed by atoms with Gasteiger partial charge in [0.15, 0.2) is 0 Å². The molecular formula is C14H20N2O2S. The lowest BCUT2D eigenvalue weighted by atomic mass is 9.92.